The maximum Gasteiger partial charge on any atom is 0.319 e. The molecule has 4 rings (SSSR count). The summed E-state index contributed by atoms with van der Waals surface area (Å²) in [7, 11) is 0. The van der Waals surface area contributed by atoms with E-state index in [0.29, 0.717) is 34.9 Å². The van der Waals surface area contributed by atoms with Gasteiger partial charge in [-0.2, -0.15) is 0 Å². The van der Waals surface area contributed by atoms with Crippen LogP contribution in [0.5, 0.6) is 0 Å². The monoisotopic (exact) mass is 493 g/mol. The van der Waals surface area contributed by atoms with Crippen molar-refractivity contribution in [1.82, 2.24) is 15.5 Å². The molecule has 0 radical (unpaired) electrons. The highest BCUT2D eigenvalue weighted by atomic mass is 35.5. The summed E-state index contributed by atoms with van der Waals surface area (Å²) in [6, 6.07) is 11.0. The molecule has 1 saturated heterocycles. The zero-order valence-electron chi connectivity index (χ0n) is 19.0. The molecule has 1 unspecified atom stereocenters. The summed E-state index contributed by atoms with van der Waals surface area (Å²) in [5, 5.41) is 11.6. The van der Waals surface area contributed by atoms with Crippen LogP contribution >= 0.6 is 11.6 Å². The van der Waals surface area contributed by atoms with Crippen molar-refractivity contribution in [1.29, 1.82) is 0 Å². The van der Waals surface area contributed by atoms with Crippen LogP contribution in [0.3, 0.4) is 0 Å². The lowest BCUT2D eigenvalue weighted by molar-refractivity contribution is -0.146. The van der Waals surface area contributed by atoms with Gasteiger partial charge in [0.1, 0.15) is 11.7 Å². The standard InChI is InChI=1S/C25H24ClN5O4/c1-14-6-8-18(11-19(14)26)30-25(35)27-13-16-4-3-5-17(10-16)29-20-12-22(32)31(24(20)34)21-9-7-15(2)28-23(21)33/h3-6,8,10-12,21,29H,2,7,9,13H2,1H3,(H,28,33)(H2,27,30,35). The Morgan fingerprint density at radius 3 is 2.71 bits per heavy atom. The van der Waals surface area contributed by atoms with E-state index < -0.39 is 29.8 Å². The van der Waals surface area contributed by atoms with Gasteiger partial charge in [0.2, 0.25) is 5.91 Å². The number of urea groups is 1. The lowest BCUT2D eigenvalue weighted by atomic mass is 10.0. The Labute approximate surface area is 207 Å². The van der Waals surface area contributed by atoms with Crippen molar-refractivity contribution in [3.8, 4) is 0 Å². The van der Waals surface area contributed by atoms with Gasteiger partial charge in [-0.15, -0.1) is 0 Å². The maximum absolute atomic E-state index is 12.9. The average Bonchev–Trinajstić information content (AvgIpc) is 3.08. The van der Waals surface area contributed by atoms with Gasteiger partial charge in [-0.25, -0.2) is 4.79 Å². The number of aryl methyl sites for hydroxylation is 1. The molecule has 2 aliphatic heterocycles. The third kappa shape index (κ3) is 5.52. The van der Waals surface area contributed by atoms with Crippen molar-refractivity contribution in [3.63, 3.8) is 0 Å². The molecule has 35 heavy (non-hydrogen) atoms. The summed E-state index contributed by atoms with van der Waals surface area (Å²) in [6.45, 7) is 5.82. The first-order valence-corrected chi connectivity index (χ1v) is 11.3. The number of allylic oxidation sites excluding steroid dienone is 1. The molecular formula is C25H24ClN5O4. The first-order valence-electron chi connectivity index (χ1n) is 11.0. The molecular weight excluding hydrogens is 470 g/mol. The molecule has 2 aromatic rings. The number of nitrogens with zero attached hydrogens (tertiary/aromatic N) is 1. The fourth-order valence-corrected chi connectivity index (χ4v) is 4.00. The van der Waals surface area contributed by atoms with Gasteiger partial charge in [0, 0.05) is 34.7 Å². The Kier molecular flexibility index (Phi) is 6.88. The maximum atomic E-state index is 12.9. The largest absolute Gasteiger partial charge is 0.351 e. The molecule has 1 atom stereocenters. The van der Waals surface area contributed by atoms with E-state index in [1.807, 2.05) is 19.1 Å². The van der Waals surface area contributed by atoms with E-state index in [1.54, 1.807) is 30.3 Å². The molecule has 0 spiro atoms. The Hall–Kier alpha value is -4.11. The number of nitrogens with one attached hydrogen (secondary N) is 4. The number of hydrogen-bond donors (Lipinski definition) is 4. The van der Waals surface area contributed by atoms with Crippen LogP contribution < -0.4 is 21.3 Å². The van der Waals surface area contributed by atoms with Crippen LogP contribution in [0.15, 0.2) is 66.5 Å². The molecule has 0 saturated carbocycles. The topological polar surface area (TPSA) is 120 Å². The number of halogens is 1. The van der Waals surface area contributed by atoms with E-state index in [0.717, 1.165) is 16.0 Å². The second-order valence-electron chi connectivity index (χ2n) is 8.32. The fraction of sp³-hybridized carbons (Fsp3) is 0.200. The molecule has 0 aromatic heterocycles. The molecule has 2 heterocycles. The zero-order chi connectivity index (χ0) is 25.1. The number of carbonyl (C=O) groups is 4. The molecule has 0 bridgehead atoms. The predicted octanol–water partition coefficient (Wildman–Crippen LogP) is 3.43. The molecule has 4 N–H and O–H groups in total. The van der Waals surface area contributed by atoms with Gasteiger partial charge in [-0.3, -0.25) is 19.3 Å². The number of imide groups is 1. The number of rotatable bonds is 6. The molecule has 0 aliphatic carbocycles. The minimum atomic E-state index is -0.867. The molecule has 180 valence electrons. The highest BCUT2D eigenvalue weighted by Crippen LogP contribution is 2.24. The molecule has 5 amide bonds. The summed E-state index contributed by atoms with van der Waals surface area (Å²) in [4.78, 5) is 50.8. The third-order valence-corrected chi connectivity index (χ3v) is 6.08. The number of carbonyl (C=O) groups excluding carboxylic acids is 4. The number of amides is 5. The molecule has 1 fully saturated rings. The van der Waals surface area contributed by atoms with Gasteiger partial charge in [-0.1, -0.05) is 36.4 Å². The van der Waals surface area contributed by atoms with E-state index >= 15 is 0 Å². The Balaban J connectivity index is 1.35. The summed E-state index contributed by atoms with van der Waals surface area (Å²) in [5.74, 6) is -1.53. The van der Waals surface area contributed by atoms with Crippen LogP contribution in [0.25, 0.3) is 0 Å². The molecule has 2 aliphatic rings. The Morgan fingerprint density at radius 1 is 1.17 bits per heavy atom. The van der Waals surface area contributed by atoms with E-state index in [-0.39, 0.29) is 12.2 Å². The lowest BCUT2D eigenvalue weighted by Gasteiger charge is -2.29. The minimum absolute atomic E-state index is 0.0753. The summed E-state index contributed by atoms with van der Waals surface area (Å²) in [5.41, 5.74) is 3.46. The number of anilines is 2. The van der Waals surface area contributed by atoms with Crippen LogP contribution in [-0.2, 0) is 20.9 Å². The van der Waals surface area contributed by atoms with Crippen LogP contribution in [0.2, 0.25) is 5.02 Å². The second kappa shape index (κ2) is 10.0. The first kappa shape index (κ1) is 24.0. The van der Waals surface area contributed by atoms with Gasteiger partial charge < -0.3 is 21.3 Å². The lowest BCUT2D eigenvalue weighted by Crippen LogP contribution is -2.52. The second-order valence-corrected chi connectivity index (χ2v) is 8.72. The fourth-order valence-electron chi connectivity index (χ4n) is 3.82. The van der Waals surface area contributed by atoms with Crippen molar-refractivity contribution in [2.75, 3.05) is 10.6 Å². The normalized spacial score (nSPS) is 17.7. The molecule has 9 nitrogen and oxygen atoms in total. The average molecular weight is 494 g/mol. The highest BCUT2D eigenvalue weighted by Gasteiger charge is 2.41. The van der Waals surface area contributed by atoms with Crippen molar-refractivity contribution < 1.29 is 19.2 Å². The first-order chi connectivity index (χ1) is 16.7. The summed E-state index contributed by atoms with van der Waals surface area (Å²) >= 11 is 6.09. The number of benzene rings is 2. The van der Waals surface area contributed by atoms with Crippen LogP contribution in [0, 0.1) is 6.92 Å². The number of hydrogen-bond acceptors (Lipinski definition) is 5. The van der Waals surface area contributed by atoms with E-state index in [2.05, 4.69) is 27.8 Å². The van der Waals surface area contributed by atoms with Crippen molar-refractivity contribution in [3.05, 3.63) is 82.7 Å². The van der Waals surface area contributed by atoms with Crippen LogP contribution in [0.4, 0.5) is 16.2 Å². The summed E-state index contributed by atoms with van der Waals surface area (Å²) < 4.78 is 0. The van der Waals surface area contributed by atoms with Crippen molar-refractivity contribution in [2.45, 2.75) is 32.4 Å². The van der Waals surface area contributed by atoms with Gasteiger partial charge in [0.25, 0.3) is 11.8 Å². The third-order valence-electron chi connectivity index (χ3n) is 5.68. The smallest absolute Gasteiger partial charge is 0.319 e. The van der Waals surface area contributed by atoms with E-state index in [9.17, 15) is 19.2 Å². The SMILES string of the molecule is C=C1CCC(N2C(=O)C=C(Nc3cccc(CNC(=O)Nc4ccc(C)c(Cl)c4)c3)C2=O)C(=O)N1. The quantitative estimate of drug-likeness (QED) is 0.460. The van der Waals surface area contributed by atoms with Crippen molar-refractivity contribution >= 4 is 46.7 Å². The van der Waals surface area contributed by atoms with Crippen LogP contribution in [0.1, 0.15) is 24.0 Å². The van der Waals surface area contributed by atoms with E-state index in [4.69, 9.17) is 11.6 Å². The van der Waals surface area contributed by atoms with Crippen LogP contribution in [-0.4, -0.2) is 34.7 Å². The van der Waals surface area contributed by atoms with Gasteiger partial charge >= 0.3 is 6.03 Å². The Morgan fingerprint density at radius 2 is 1.97 bits per heavy atom. The Bertz CT molecular complexity index is 1270. The minimum Gasteiger partial charge on any atom is -0.351 e. The number of piperidine rings is 1. The molecule has 2 aromatic carbocycles. The zero-order valence-corrected chi connectivity index (χ0v) is 19.7. The highest BCUT2D eigenvalue weighted by molar-refractivity contribution is 6.31. The predicted molar refractivity (Wildman–Crippen MR) is 132 cm³/mol. The molecule has 10 heteroatoms. The van der Waals surface area contributed by atoms with Gasteiger partial charge in [-0.05, 0) is 55.2 Å². The summed E-state index contributed by atoms with van der Waals surface area (Å²) in [6.07, 6.45) is 2.02. The van der Waals surface area contributed by atoms with Gasteiger partial charge in [0.15, 0.2) is 0 Å². The van der Waals surface area contributed by atoms with Gasteiger partial charge in [0.05, 0.1) is 0 Å². The van der Waals surface area contributed by atoms with Crippen molar-refractivity contribution in [2.24, 2.45) is 0 Å². The van der Waals surface area contributed by atoms with E-state index in [1.165, 1.54) is 6.08 Å².